The van der Waals surface area contributed by atoms with Crippen LogP contribution in [0.1, 0.15) is 74.1 Å². The Bertz CT molecular complexity index is 334. The minimum absolute atomic E-state index is 0.182. The summed E-state index contributed by atoms with van der Waals surface area (Å²) in [5.41, 5.74) is 0.633. The van der Waals surface area contributed by atoms with E-state index in [0.717, 1.165) is 17.4 Å². The molecule has 0 aromatic rings. The van der Waals surface area contributed by atoms with Gasteiger partial charge in [0, 0.05) is 12.8 Å². The van der Waals surface area contributed by atoms with Gasteiger partial charge in [-0.2, -0.15) is 0 Å². The quantitative estimate of drug-likeness (QED) is 0.339. The second-order valence-electron chi connectivity index (χ2n) is 9.79. The smallest absolute Gasteiger partial charge is 0.0801 e. The van der Waals surface area contributed by atoms with Crippen molar-refractivity contribution in [3.63, 3.8) is 0 Å². The summed E-state index contributed by atoms with van der Waals surface area (Å²) >= 11 is 11.9. The summed E-state index contributed by atoms with van der Waals surface area (Å²) in [5.74, 6) is 0. The molecule has 0 amide bonds. The van der Waals surface area contributed by atoms with Crippen LogP contribution in [-0.4, -0.2) is 41.1 Å². The van der Waals surface area contributed by atoms with E-state index in [-0.39, 0.29) is 5.54 Å². The lowest BCUT2D eigenvalue weighted by Crippen LogP contribution is -2.46. The second kappa shape index (κ2) is 8.05. The van der Waals surface area contributed by atoms with Crippen LogP contribution in [0.4, 0.5) is 0 Å². The summed E-state index contributed by atoms with van der Waals surface area (Å²) in [6.07, 6.45) is 4.74. The zero-order chi connectivity index (χ0) is 17.8. The Balaban J connectivity index is 4.48. The largest absolute Gasteiger partial charge is 0.328 e. The molecule has 134 valence electrons. The molecule has 0 aromatic carbocycles. The van der Waals surface area contributed by atoms with Crippen molar-refractivity contribution in [3.05, 3.63) is 0 Å². The molecule has 0 spiro atoms. The predicted octanol–water partition coefficient (Wildman–Crippen LogP) is 6.08. The molecule has 0 radical (unpaired) electrons. The van der Waals surface area contributed by atoms with Crippen molar-refractivity contribution < 1.29 is 4.48 Å². The highest BCUT2D eigenvalue weighted by atomic mass is 35.5. The van der Waals surface area contributed by atoms with Gasteiger partial charge in [-0.25, -0.2) is 0 Å². The molecule has 0 bridgehead atoms. The first-order valence-electron chi connectivity index (χ1n) is 8.56. The summed E-state index contributed by atoms with van der Waals surface area (Å²) < 4.78 is 2.31. The first-order chi connectivity index (χ1) is 9.63. The van der Waals surface area contributed by atoms with Crippen molar-refractivity contribution in [1.29, 1.82) is 0 Å². The lowest BCUT2D eigenvalue weighted by Gasteiger charge is -2.39. The average molecular weight is 354 g/mol. The molecule has 22 heavy (non-hydrogen) atoms. The predicted molar refractivity (Wildman–Crippen MR) is 101 cm³/mol. The van der Waals surface area contributed by atoms with Gasteiger partial charge >= 0.3 is 0 Å². The van der Waals surface area contributed by atoms with E-state index in [4.69, 9.17) is 23.6 Å². The number of hydrogen-bond donors (Lipinski definition) is 0. The van der Waals surface area contributed by atoms with E-state index in [1.54, 1.807) is 0 Å². The number of quaternary nitrogens is 1. The van der Waals surface area contributed by atoms with Crippen molar-refractivity contribution in [1.82, 2.24) is 3.94 Å². The van der Waals surface area contributed by atoms with Gasteiger partial charge in [0.05, 0.1) is 32.7 Å². The fourth-order valence-electron chi connectivity index (χ4n) is 2.89. The van der Waals surface area contributed by atoms with Crippen LogP contribution >= 0.6 is 23.6 Å². The van der Waals surface area contributed by atoms with Crippen LogP contribution in [0.3, 0.4) is 0 Å². The van der Waals surface area contributed by atoms with Gasteiger partial charge in [0.1, 0.15) is 0 Å². The Morgan fingerprint density at radius 2 is 1.27 bits per heavy atom. The molecule has 4 heteroatoms. The number of rotatable bonds is 10. The standard InChI is InChI=1S/C18H39Cl2N2/c1-10-16(2,3)15-17(4,5)11-13-22(8,9)14-12-18(6,7)21(19)20/h10-15H2,1-9H3/q+1. The maximum atomic E-state index is 5.93. The maximum absolute atomic E-state index is 5.93. The van der Waals surface area contributed by atoms with Crippen LogP contribution in [0.5, 0.6) is 0 Å². The minimum Gasteiger partial charge on any atom is -0.328 e. The van der Waals surface area contributed by atoms with E-state index in [2.05, 4.69) is 62.6 Å². The lowest BCUT2D eigenvalue weighted by atomic mass is 9.72. The number of nitrogens with zero attached hydrogens (tertiary/aromatic N) is 2. The molecule has 0 heterocycles. The van der Waals surface area contributed by atoms with Gasteiger partial charge in [0.2, 0.25) is 0 Å². The molecule has 0 saturated carbocycles. The molecule has 0 fully saturated rings. The van der Waals surface area contributed by atoms with Crippen LogP contribution in [0.2, 0.25) is 0 Å². The third kappa shape index (κ3) is 8.96. The van der Waals surface area contributed by atoms with Crippen LogP contribution in [0.25, 0.3) is 0 Å². The average Bonchev–Trinajstić information content (AvgIpc) is 2.33. The number of halogens is 2. The Kier molecular flexibility index (Phi) is 8.23. The SMILES string of the molecule is CCC(C)(C)CC(C)(C)CC[N+](C)(C)CCC(C)(C)N(Cl)Cl. The van der Waals surface area contributed by atoms with Gasteiger partial charge < -0.3 is 4.48 Å². The van der Waals surface area contributed by atoms with E-state index in [1.807, 2.05) is 0 Å². The fourth-order valence-corrected chi connectivity index (χ4v) is 3.06. The molecule has 0 saturated heterocycles. The fraction of sp³-hybridized carbons (Fsp3) is 1.00. The van der Waals surface area contributed by atoms with Crippen molar-refractivity contribution in [2.45, 2.75) is 79.7 Å². The summed E-state index contributed by atoms with van der Waals surface area (Å²) in [4.78, 5) is 0. The van der Waals surface area contributed by atoms with Gasteiger partial charge in [0.15, 0.2) is 0 Å². The third-order valence-corrected chi connectivity index (χ3v) is 6.01. The highest BCUT2D eigenvalue weighted by molar-refractivity contribution is 6.34. The normalized spacial score (nSPS) is 14.7. The van der Waals surface area contributed by atoms with Gasteiger partial charge in [-0.1, -0.05) is 41.0 Å². The molecule has 0 atom stereocenters. The van der Waals surface area contributed by atoms with Crippen LogP contribution in [0.15, 0.2) is 0 Å². The molecular formula is C18H39Cl2N2+. The van der Waals surface area contributed by atoms with E-state index in [1.165, 1.54) is 29.7 Å². The molecule has 0 N–H and O–H groups in total. The molecule has 0 unspecified atom stereocenters. The Morgan fingerprint density at radius 3 is 1.68 bits per heavy atom. The zero-order valence-corrected chi connectivity index (χ0v) is 17.9. The highest BCUT2D eigenvalue weighted by Gasteiger charge is 2.32. The van der Waals surface area contributed by atoms with Gasteiger partial charge in [-0.15, -0.1) is 3.94 Å². The van der Waals surface area contributed by atoms with Crippen molar-refractivity contribution >= 4 is 23.6 Å². The topological polar surface area (TPSA) is 3.24 Å². The summed E-state index contributed by atoms with van der Waals surface area (Å²) in [7, 11) is 4.62. The third-order valence-electron chi connectivity index (χ3n) is 5.09. The van der Waals surface area contributed by atoms with E-state index >= 15 is 0 Å². The monoisotopic (exact) mass is 353 g/mol. The Morgan fingerprint density at radius 1 is 0.818 bits per heavy atom. The molecule has 0 aromatic heterocycles. The Labute approximate surface area is 150 Å². The van der Waals surface area contributed by atoms with Crippen molar-refractivity contribution in [2.24, 2.45) is 10.8 Å². The zero-order valence-electron chi connectivity index (χ0n) is 16.4. The summed E-state index contributed by atoms with van der Waals surface area (Å²) in [5, 5.41) is 0. The second-order valence-corrected chi connectivity index (χ2v) is 10.6. The van der Waals surface area contributed by atoms with Crippen LogP contribution in [-0.2, 0) is 0 Å². The first-order valence-corrected chi connectivity index (χ1v) is 9.24. The molecular weight excluding hydrogens is 315 g/mol. The molecule has 2 nitrogen and oxygen atoms in total. The molecule has 0 rings (SSSR count). The van der Waals surface area contributed by atoms with Crippen LogP contribution < -0.4 is 0 Å². The maximum Gasteiger partial charge on any atom is 0.0801 e. The van der Waals surface area contributed by atoms with Gasteiger partial charge in [-0.3, -0.25) is 0 Å². The molecule has 0 aliphatic heterocycles. The van der Waals surface area contributed by atoms with Crippen molar-refractivity contribution in [3.8, 4) is 0 Å². The first kappa shape index (κ1) is 22.5. The van der Waals surface area contributed by atoms with Crippen LogP contribution in [0, 0.1) is 10.8 Å². The number of hydrogen-bond acceptors (Lipinski definition) is 1. The molecule has 0 aliphatic rings. The van der Waals surface area contributed by atoms with Gasteiger partial charge in [-0.05, 0) is 54.7 Å². The minimum atomic E-state index is -0.182. The highest BCUT2D eigenvalue weighted by Crippen LogP contribution is 2.38. The molecule has 0 aliphatic carbocycles. The summed E-state index contributed by atoms with van der Waals surface area (Å²) in [6, 6.07) is 0. The van der Waals surface area contributed by atoms with E-state index < -0.39 is 0 Å². The van der Waals surface area contributed by atoms with Crippen molar-refractivity contribution in [2.75, 3.05) is 27.2 Å². The lowest BCUT2D eigenvalue weighted by molar-refractivity contribution is -0.891. The van der Waals surface area contributed by atoms with E-state index in [9.17, 15) is 0 Å². The van der Waals surface area contributed by atoms with Gasteiger partial charge in [0.25, 0.3) is 0 Å². The van der Waals surface area contributed by atoms with E-state index in [0.29, 0.717) is 10.8 Å². The Hall–Kier alpha value is 0.500. The summed E-state index contributed by atoms with van der Waals surface area (Å²) in [6.45, 7) is 18.3.